The first-order valence-electron chi connectivity index (χ1n) is 5.72. The average Bonchev–Trinajstić information content (AvgIpc) is 2.39. The summed E-state index contributed by atoms with van der Waals surface area (Å²) in [7, 11) is 0. The van der Waals surface area contributed by atoms with Crippen LogP contribution in [0.3, 0.4) is 0 Å². The van der Waals surface area contributed by atoms with E-state index in [1.807, 2.05) is 25.1 Å². The van der Waals surface area contributed by atoms with Crippen LogP contribution in [0.4, 0.5) is 8.78 Å². The summed E-state index contributed by atoms with van der Waals surface area (Å²) >= 11 is 1.46. The first-order chi connectivity index (χ1) is 9.10. The number of thioether (sulfide) groups is 1. The van der Waals surface area contributed by atoms with Gasteiger partial charge in [-0.15, -0.1) is 11.8 Å². The van der Waals surface area contributed by atoms with E-state index in [4.69, 9.17) is 5.26 Å². The van der Waals surface area contributed by atoms with Crippen LogP contribution in [0.5, 0.6) is 0 Å². The number of hydrogen-bond acceptors (Lipinski definition) is 2. The summed E-state index contributed by atoms with van der Waals surface area (Å²) in [4.78, 5) is 0.940. The van der Waals surface area contributed by atoms with E-state index < -0.39 is 11.6 Å². The highest BCUT2D eigenvalue weighted by molar-refractivity contribution is 7.99. The smallest absolute Gasteiger partial charge is 0.130 e. The first kappa shape index (κ1) is 13.6. The van der Waals surface area contributed by atoms with Gasteiger partial charge in [0.2, 0.25) is 0 Å². The Labute approximate surface area is 114 Å². The fraction of sp³-hybridized carbons (Fsp3) is 0.133. The Morgan fingerprint density at radius 2 is 1.79 bits per heavy atom. The molecule has 0 aromatic heterocycles. The van der Waals surface area contributed by atoms with Crippen molar-refractivity contribution in [1.29, 1.82) is 5.26 Å². The Hall–Kier alpha value is -1.86. The Morgan fingerprint density at radius 1 is 1.11 bits per heavy atom. The second-order valence-electron chi connectivity index (χ2n) is 4.06. The highest BCUT2D eigenvalue weighted by atomic mass is 32.2. The maximum atomic E-state index is 13.6. The van der Waals surface area contributed by atoms with Crippen molar-refractivity contribution >= 4 is 11.8 Å². The van der Waals surface area contributed by atoms with E-state index >= 15 is 0 Å². The molecule has 1 unspecified atom stereocenters. The molecule has 19 heavy (non-hydrogen) atoms. The topological polar surface area (TPSA) is 23.8 Å². The van der Waals surface area contributed by atoms with Gasteiger partial charge in [0, 0.05) is 21.8 Å². The SMILES string of the molecule is CC(Sc1ccc(C#N)cc1)c1ccc(F)cc1F. The van der Waals surface area contributed by atoms with Crippen molar-refractivity contribution in [2.24, 2.45) is 0 Å². The summed E-state index contributed by atoms with van der Waals surface area (Å²) in [5.41, 5.74) is 1.06. The summed E-state index contributed by atoms with van der Waals surface area (Å²) in [6.07, 6.45) is 0. The second kappa shape index (κ2) is 5.85. The standard InChI is InChI=1S/C15H11F2NS/c1-10(14-7-4-12(16)8-15(14)17)19-13-5-2-11(9-18)3-6-13/h2-8,10H,1H3. The average molecular weight is 275 g/mol. The highest BCUT2D eigenvalue weighted by Gasteiger charge is 2.13. The molecule has 0 heterocycles. The zero-order chi connectivity index (χ0) is 13.8. The predicted octanol–water partition coefficient (Wildman–Crippen LogP) is 4.69. The molecule has 0 radical (unpaired) electrons. The third-order valence-corrected chi connectivity index (χ3v) is 3.85. The van der Waals surface area contributed by atoms with Crippen molar-refractivity contribution in [2.75, 3.05) is 0 Å². The largest absolute Gasteiger partial charge is 0.207 e. The van der Waals surface area contributed by atoms with E-state index in [2.05, 4.69) is 0 Å². The van der Waals surface area contributed by atoms with Crippen molar-refractivity contribution < 1.29 is 8.78 Å². The number of nitrogens with zero attached hydrogens (tertiary/aromatic N) is 1. The van der Waals surface area contributed by atoms with Crippen molar-refractivity contribution in [3.63, 3.8) is 0 Å². The zero-order valence-corrected chi connectivity index (χ0v) is 11.0. The predicted molar refractivity (Wildman–Crippen MR) is 71.8 cm³/mol. The fourth-order valence-corrected chi connectivity index (χ4v) is 2.73. The number of halogens is 2. The molecule has 2 rings (SSSR count). The summed E-state index contributed by atoms with van der Waals surface area (Å²) in [6.45, 7) is 1.86. The number of nitriles is 1. The molecule has 0 N–H and O–H groups in total. The molecule has 4 heteroatoms. The van der Waals surface area contributed by atoms with Crippen LogP contribution < -0.4 is 0 Å². The van der Waals surface area contributed by atoms with Crippen LogP contribution in [0.25, 0.3) is 0 Å². The minimum Gasteiger partial charge on any atom is -0.207 e. The maximum Gasteiger partial charge on any atom is 0.130 e. The Morgan fingerprint density at radius 3 is 2.37 bits per heavy atom. The summed E-state index contributed by atoms with van der Waals surface area (Å²) in [5.74, 6) is -1.11. The molecule has 0 spiro atoms. The van der Waals surface area contributed by atoms with E-state index in [1.165, 1.54) is 23.9 Å². The van der Waals surface area contributed by atoms with Gasteiger partial charge < -0.3 is 0 Å². The van der Waals surface area contributed by atoms with Crippen molar-refractivity contribution in [3.05, 3.63) is 65.2 Å². The Kier molecular flexibility index (Phi) is 4.18. The lowest BCUT2D eigenvalue weighted by Gasteiger charge is -2.12. The number of hydrogen-bond donors (Lipinski definition) is 0. The van der Waals surface area contributed by atoms with Gasteiger partial charge in [-0.1, -0.05) is 6.07 Å². The molecule has 0 aliphatic carbocycles. The van der Waals surface area contributed by atoms with E-state index in [-0.39, 0.29) is 5.25 Å². The van der Waals surface area contributed by atoms with Gasteiger partial charge in [-0.05, 0) is 37.3 Å². The van der Waals surface area contributed by atoms with Gasteiger partial charge in [0.15, 0.2) is 0 Å². The summed E-state index contributed by atoms with van der Waals surface area (Å²) in [5, 5.41) is 8.58. The molecular weight excluding hydrogens is 264 g/mol. The third-order valence-electron chi connectivity index (χ3n) is 2.70. The lowest BCUT2D eigenvalue weighted by molar-refractivity contribution is 0.573. The van der Waals surface area contributed by atoms with Gasteiger partial charge >= 0.3 is 0 Å². The first-order valence-corrected chi connectivity index (χ1v) is 6.60. The van der Waals surface area contributed by atoms with E-state index in [9.17, 15) is 8.78 Å². The number of benzene rings is 2. The van der Waals surface area contributed by atoms with Crippen LogP contribution in [-0.2, 0) is 0 Å². The number of rotatable bonds is 3. The van der Waals surface area contributed by atoms with Gasteiger partial charge in [-0.2, -0.15) is 5.26 Å². The van der Waals surface area contributed by atoms with Gasteiger partial charge in [0.1, 0.15) is 11.6 Å². The quantitative estimate of drug-likeness (QED) is 0.759. The summed E-state index contributed by atoms with van der Waals surface area (Å²) < 4.78 is 26.5. The van der Waals surface area contributed by atoms with Crippen molar-refractivity contribution in [1.82, 2.24) is 0 Å². The molecule has 0 saturated heterocycles. The van der Waals surface area contributed by atoms with Crippen LogP contribution in [0.2, 0.25) is 0 Å². The molecule has 0 fully saturated rings. The van der Waals surface area contributed by atoms with Crippen molar-refractivity contribution in [3.8, 4) is 6.07 Å². The molecule has 1 atom stereocenters. The molecule has 0 bridgehead atoms. The highest BCUT2D eigenvalue weighted by Crippen LogP contribution is 2.36. The van der Waals surface area contributed by atoms with Crippen molar-refractivity contribution in [2.45, 2.75) is 17.1 Å². The second-order valence-corrected chi connectivity index (χ2v) is 5.48. The van der Waals surface area contributed by atoms with Gasteiger partial charge in [-0.25, -0.2) is 8.78 Å². The Bertz CT molecular complexity index is 617. The molecule has 2 aromatic carbocycles. The molecule has 96 valence electrons. The molecule has 0 aliphatic heterocycles. The molecule has 1 nitrogen and oxygen atoms in total. The van der Waals surface area contributed by atoms with Gasteiger partial charge in [0.25, 0.3) is 0 Å². The van der Waals surface area contributed by atoms with Gasteiger partial charge in [-0.3, -0.25) is 0 Å². The van der Waals surface area contributed by atoms with Crippen LogP contribution in [0.15, 0.2) is 47.4 Å². The van der Waals surface area contributed by atoms with Gasteiger partial charge in [0.05, 0.1) is 11.6 Å². The van der Waals surface area contributed by atoms with E-state index in [1.54, 1.807) is 12.1 Å². The molecule has 0 amide bonds. The zero-order valence-electron chi connectivity index (χ0n) is 10.2. The lowest BCUT2D eigenvalue weighted by Crippen LogP contribution is -1.94. The Balaban J connectivity index is 2.16. The van der Waals surface area contributed by atoms with E-state index in [0.717, 1.165) is 11.0 Å². The normalized spacial score (nSPS) is 11.9. The van der Waals surface area contributed by atoms with Crippen LogP contribution in [0.1, 0.15) is 23.3 Å². The van der Waals surface area contributed by atoms with Crippen LogP contribution in [0, 0.1) is 23.0 Å². The van der Waals surface area contributed by atoms with Crippen LogP contribution >= 0.6 is 11.8 Å². The lowest BCUT2D eigenvalue weighted by atomic mass is 10.1. The maximum absolute atomic E-state index is 13.6. The third kappa shape index (κ3) is 3.33. The molecule has 0 aliphatic rings. The summed E-state index contributed by atoms with van der Waals surface area (Å²) in [6, 6.07) is 12.7. The molecule has 0 saturated carbocycles. The van der Waals surface area contributed by atoms with Crippen LogP contribution in [-0.4, -0.2) is 0 Å². The monoisotopic (exact) mass is 275 g/mol. The molecular formula is C15H11F2NS. The minimum atomic E-state index is -0.572. The van der Waals surface area contributed by atoms with E-state index in [0.29, 0.717) is 11.1 Å². The fourth-order valence-electron chi connectivity index (χ4n) is 1.71. The molecule has 2 aromatic rings. The minimum absolute atomic E-state index is 0.131.